The van der Waals surface area contributed by atoms with E-state index in [9.17, 15) is 9.59 Å². The third-order valence-corrected chi connectivity index (χ3v) is 6.30. The molecule has 1 saturated carbocycles. The second-order valence-corrected chi connectivity index (χ2v) is 8.84. The van der Waals surface area contributed by atoms with Crippen molar-refractivity contribution in [1.82, 2.24) is 15.5 Å². The number of likely N-dealkylation sites (tertiary alicyclic amines) is 1. The average molecular weight is 412 g/mol. The van der Waals surface area contributed by atoms with Crippen molar-refractivity contribution >= 4 is 23.5 Å². The fourth-order valence-electron chi connectivity index (χ4n) is 4.51. The highest BCUT2D eigenvalue weighted by Crippen LogP contribution is 2.48. The average Bonchev–Trinajstić information content (AvgIpc) is 3.12. The Morgan fingerprint density at radius 3 is 2.66 bits per heavy atom. The van der Waals surface area contributed by atoms with Crippen LogP contribution in [-0.4, -0.2) is 36.0 Å². The van der Waals surface area contributed by atoms with Crippen molar-refractivity contribution in [3.8, 4) is 0 Å². The van der Waals surface area contributed by atoms with Gasteiger partial charge in [0.2, 0.25) is 0 Å². The maximum atomic E-state index is 12.8. The first-order chi connectivity index (χ1) is 13.9. The van der Waals surface area contributed by atoms with Crippen molar-refractivity contribution in [2.24, 2.45) is 5.41 Å². The van der Waals surface area contributed by atoms with E-state index < -0.39 is 0 Å². The molecule has 0 bridgehead atoms. The lowest BCUT2D eigenvalue weighted by molar-refractivity contribution is 0.0671. The molecule has 2 aromatic rings. The molecule has 1 heterocycles. The number of hydrogen-bond acceptors (Lipinski definition) is 2. The summed E-state index contributed by atoms with van der Waals surface area (Å²) in [5.74, 6) is 0.114. The molecule has 152 valence electrons. The van der Waals surface area contributed by atoms with Gasteiger partial charge in [-0.25, -0.2) is 4.79 Å². The van der Waals surface area contributed by atoms with E-state index in [2.05, 4.69) is 10.6 Å². The molecule has 2 aromatic carbocycles. The van der Waals surface area contributed by atoms with E-state index in [-0.39, 0.29) is 23.4 Å². The molecule has 2 N–H and O–H groups in total. The van der Waals surface area contributed by atoms with Crippen LogP contribution in [0.25, 0.3) is 0 Å². The Kier molecular flexibility index (Phi) is 5.50. The fourth-order valence-corrected chi connectivity index (χ4v) is 4.64. The van der Waals surface area contributed by atoms with Crippen molar-refractivity contribution < 1.29 is 9.59 Å². The predicted molar refractivity (Wildman–Crippen MR) is 114 cm³/mol. The van der Waals surface area contributed by atoms with Crippen molar-refractivity contribution in [3.05, 3.63) is 70.2 Å². The van der Waals surface area contributed by atoms with Crippen LogP contribution < -0.4 is 10.6 Å². The molecule has 4 rings (SSSR count). The lowest BCUT2D eigenvalue weighted by Gasteiger charge is -2.45. The number of halogens is 1. The van der Waals surface area contributed by atoms with E-state index in [1.165, 1.54) is 0 Å². The van der Waals surface area contributed by atoms with Crippen LogP contribution in [0.3, 0.4) is 0 Å². The van der Waals surface area contributed by atoms with Gasteiger partial charge < -0.3 is 15.5 Å². The van der Waals surface area contributed by atoms with Gasteiger partial charge in [0.25, 0.3) is 5.91 Å². The SMILES string of the molecule is Cc1cccc(C(=O)N2CC[C@]3(C2)C[C@@H](NC(=O)NCc2ccc(Cl)cc2)C3)c1. The van der Waals surface area contributed by atoms with Crippen molar-refractivity contribution in [2.45, 2.75) is 38.8 Å². The number of carbonyl (C=O) groups excluding carboxylic acids is 2. The van der Waals surface area contributed by atoms with Crippen molar-refractivity contribution in [2.75, 3.05) is 13.1 Å². The van der Waals surface area contributed by atoms with E-state index >= 15 is 0 Å². The molecule has 0 aromatic heterocycles. The zero-order valence-electron chi connectivity index (χ0n) is 16.6. The van der Waals surface area contributed by atoms with Crippen LogP contribution in [0, 0.1) is 12.3 Å². The summed E-state index contributed by atoms with van der Waals surface area (Å²) < 4.78 is 0. The number of aryl methyl sites for hydroxylation is 1. The quantitative estimate of drug-likeness (QED) is 0.794. The lowest BCUT2D eigenvalue weighted by Crippen LogP contribution is -2.54. The molecule has 1 aliphatic heterocycles. The van der Waals surface area contributed by atoms with Crippen molar-refractivity contribution in [3.63, 3.8) is 0 Å². The molecule has 2 aliphatic rings. The van der Waals surface area contributed by atoms with Gasteiger partial charge in [0.15, 0.2) is 0 Å². The Bertz CT molecular complexity index is 907. The summed E-state index contributed by atoms with van der Waals surface area (Å²) in [6.45, 7) is 4.05. The highest BCUT2D eigenvalue weighted by atomic mass is 35.5. The Hall–Kier alpha value is -2.53. The molecule has 0 radical (unpaired) electrons. The van der Waals surface area contributed by atoms with Gasteiger partial charge in [-0.15, -0.1) is 0 Å². The monoisotopic (exact) mass is 411 g/mol. The Labute approximate surface area is 176 Å². The van der Waals surface area contributed by atoms with Gasteiger partial charge in [0, 0.05) is 36.3 Å². The van der Waals surface area contributed by atoms with Gasteiger partial charge in [-0.05, 0) is 61.4 Å². The molecule has 6 heteroatoms. The van der Waals surface area contributed by atoms with E-state index in [0.29, 0.717) is 11.6 Å². The molecular weight excluding hydrogens is 386 g/mol. The second-order valence-electron chi connectivity index (χ2n) is 8.40. The summed E-state index contributed by atoms with van der Waals surface area (Å²) in [4.78, 5) is 26.9. The molecule has 0 atom stereocenters. The van der Waals surface area contributed by atoms with Crippen molar-refractivity contribution in [1.29, 1.82) is 0 Å². The van der Waals surface area contributed by atoms with Crippen LogP contribution in [0.2, 0.25) is 5.02 Å². The number of amides is 3. The molecule has 1 saturated heterocycles. The van der Waals surface area contributed by atoms with Gasteiger partial charge in [-0.2, -0.15) is 0 Å². The molecule has 1 aliphatic carbocycles. The summed E-state index contributed by atoms with van der Waals surface area (Å²) in [7, 11) is 0. The highest BCUT2D eigenvalue weighted by molar-refractivity contribution is 6.30. The number of hydrogen-bond donors (Lipinski definition) is 2. The molecule has 1 spiro atoms. The molecular formula is C23H26ClN3O2. The highest BCUT2D eigenvalue weighted by Gasteiger charge is 2.49. The summed E-state index contributed by atoms with van der Waals surface area (Å²) in [6, 6.07) is 15.2. The van der Waals surface area contributed by atoms with Gasteiger partial charge in [-0.1, -0.05) is 41.4 Å². The van der Waals surface area contributed by atoms with Gasteiger partial charge in [-0.3, -0.25) is 4.79 Å². The van der Waals surface area contributed by atoms with E-state index in [0.717, 1.165) is 49.0 Å². The minimum absolute atomic E-state index is 0.114. The summed E-state index contributed by atoms with van der Waals surface area (Å²) in [6.07, 6.45) is 2.87. The van der Waals surface area contributed by atoms with Gasteiger partial charge in [0.1, 0.15) is 0 Å². The normalized spacial score (nSPS) is 23.0. The topological polar surface area (TPSA) is 61.4 Å². The first-order valence-corrected chi connectivity index (χ1v) is 10.5. The third-order valence-electron chi connectivity index (χ3n) is 6.05. The predicted octanol–water partition coefficient (Wildman–Crippen LogP) is 4.14. The number of nitrogens with zero attached hydrogens (tertiary/aromatic N) is 1. The van der Waals surface area contributed by atoms with Crippen LogP contribution >= 0.6 is 11.6 Å². The fraction of sp³-hybridized carbons (Fsp3) is 0.391. The summed E-state index contributed by atoms with van der Waals surface area (Å²) in [5, 5.41) is 6.63. The van der Waals surface area contributed by atoms with E-state index in [4.69, 9.17) is 11.6 Å². The Balaban J connectivity index is 1.23. The molecule has 2 fully saturated rings. The smallest absolute Gasteiger partial charge is 0.315 e. The zero-order chi connectivity index (χ0) is 20.4. The maximum absolute atomic E-state index is 12.8. The molecule has 5 nitrogen and oxygen atoms in total. The second kappa shape index (κ2) is 8.07. The maximum Gasteiger partial charge on any atom is 0.315 e. The third kappa shape index (κ3) is 4.56. The van der Waals surface area contributed by atoms with Gasteiger partial charge in [0.05, 0.1) is 0 Å². The Morgan fingerprint density at radius 1 is 1.17 bits per heavy atom. The molecule has 3 amide bonds. The summed E-state index contributed by atoms with van der Waals surface area (Å²) in [5.41, 5.74) is 3.03. The summed E-state index contributed by atoms with van der Waals surface area (Å²) >= 11 is 5.88. The van der Waals surface area contributed by atoms with Crippen LogP contribution in [0.5, 0.6) is 0 Å². The first kappa shape index (κ1) is 19.8. The van der Waals surface area contributed by atoms with Crippen LogP contribution in [0.1, 0.15) is 40.7 Å². The lowest BCUT2D eigenvalue weighted by atomic mass is 9.65. The zero-order valence-corrected chi connectivity index (χ0v) is 17.3. The van der Waals surface area contributed by atoms with Crippen LogP contribution in [-0.2, 0) is 6.54 Å². The first-order valence-electron chi connectivity index (χ1n) is 10.1. The van der Waals surface area contributed by atoms with Crippen LogP contribution in [0.15, 0.2) is 48.5 Å². The van der Waals surface area contributed by atoms with E-state index in [1.807, 2.05) is 60.4 Å². The van der Waals surface area contributed by atoms with E-state index in [1.54, 1.807) is 0 Å². The Morgan fingerprint density at radius 2 is 1.93 bits per heavy atom. The largest absolute Gasteiger partial charge is 0.338 e. The molecule has 0 unspecified atom stereocenters. The van der Waals surface area contributed by atoms with Crippen LogP contribution in [0.4, 0.5) is 4.79 Å². The standard InChI is InChI=1S/C23H26ClN3O2/c1-16-3-2-4-18(11-16)21(28)27-10-9-23(15-27)12-20(13-23)26-22(29)25-14-17-5-7-19(24)8-6-17/h2-8,11,20H,9-10,12-15H2,1H3,(H2,25,26,29)/t20-,23+. The minimum Gasteiger partial charge on any atom is -0.338 e. The minimum atomic E-state index is -0.148. The van der Waals surface area contributed by atoms with Gasteiger partial charge >= 0.3 is 6.03 Å². The molecule has 29 heavy (non-hydrogen) atoms. The number of nitrogens with one attached hydrogen (secondary N) is 2. The number of benzene rings is 2. The number of urea groups is 1. The number of rotatable bonds is 4. The number of carbonyl (C=O) groups is 2.